The molecular formula is C13H18O. The van der Waals surface area contributed by atoms with Crippen LogP contribution in [0.2, 0.25) is 0 Å². The van der Waals surface area contributed by atoms with E-state index in [1.54, 1.807) is 0 Å². The standard InChI is InChI=1S/C13H18O/c1-2-3-9-14-13-10-12(13)11-7-5-4-6-8-11/h4-8,12-13H,2-3,9-10H2,1H3. The first-order valence-corrected chi connectivity index (χ1v) is 5.58. The van der Waals surface area contributed by atoms with Gasteiger partial charge in [-0.15, -0.1) is 0 Å². The monoisotopic (exact) mass is 190 g/mol. The first-order valence-electron chi connectivity index (χ1n) is 5.58. The van der Waals surface area contributed by atoms with E-state index >= 15 is 0 Å². The Balaban J connectivity index is 1.76. The highest BCUT2D eigenvalue weighted by Crippen LogP contribution is 2.43. The van der Waals surface area contributed by atoms with Crippen molar-refractivity contribution in [1.29, 1.82) is 0 Å². The SMILES string of the molecule is CCCCOC1CC1c1ccccc1. The van der Waals surface area contributed by atoms with Crippen LogP contribution < -0.4 is 0 Å². The molecule has 1 nitrogen and oxygen atoms in total. The van der Waals surface area contributed by atoms with E-state index in [-0.39, 0.29) is 0 Å². The van der Waals surface area contributed by atoms with Gasteiger partial charge in [0.1, 0.15) is 0 Å². The molecule has 0 heterocycles. The number of unbranched alkanes of at least 4 members (excludes halogenated alkanes) is 1. The second-order valence-electron chi connectivity index (χ2n) is 4.02. The van der Waals surface area contributed by atoms with Gasteiger partial charge in [0, 0.05) is 12.5 Å². The summed E-state index contributed by atoms with van der Waals surface area (Å²) in [6.07, 6.45) is 4.14. The lowest BCUT2D eigenvalue weighted by molar-refractivity contribution is 0.113. The summed E-state index contributed by atoms with van der Waals surface area (Å²) < 4.78 is 5.76. The number of rotatable bonds is 5. The second kappa shape index (κ2) is 4.61. The van der Waals surface area contributed by atoms with Crippen LogP contribution in [0, 0.1) is 0 Å². The summed E-state index contributed by atoms with van der Waals surface area (Å²) in [5, 5.41) is 0. The molecule has 0 radical (unpaired) electrons. The lowest BCUT2D eigenvalue weighted by Crippen LogP contribution is -1.98. The molecule has 2 unspecified atom stereocenters. The maximum absolute atomic E-state index is 5.76. The number of hydrogen-bond donors (Lipinski definition) is 0. The van der Waals surface area contributed by atoms with Crippen LogP contribution >= 0.6 is 0 Å². The van der Waals surface area contributed by atoms with Crippen molar-refractivity contribution in [2.75, 3.05) is 6.61 Å². The maximum Gasteiger partial charge on any atom is 0.0651 e. The highest BCUT2D eigenvalue weighted by molar-refractivity contribution is 5.26. The van der Waals surface area contributed by atoms with Crippen molar-refractivity contribution in [3.05, 3.63) is 35.9 Å². The summed E-state index contributed by atoms with van der Waals surface area (Å²) in [5.74, 6) is 0.674. The molecule has 1 aromatic carbocycles. The summed E-state index contributed by atoms with van der Waals surface area (Å²) in [6.45, 7) is 3.13. The minimum atomic E-state index is 0.504. The van der Waals surface area contributed by atoms with Crippen LogP contribution in [0.15, 0.2) is 30.3 Å². The second-order valence-corrected chi connectivity index (χ2v) is 4.02. The van der Waals surface area contributed by atoms with Gasteiger partial charge in [0.15, 0.2) is 0 Å². The van der Waals surface area contributed by atoms with Gasteiger partial charge in [-0.05, 0) is 18.4 Å². The fourth-order valence-electron chi connectivity index (χ4n) is 1.79. The van der Waals surface area contributed by atoms with Crippen molar-refractivity contribution in [2.24, 2.45) is 0 Å². The van der Waals surface area contributed by atoms with E-state index in [0.717, 1.165) is 6.61 Å². The van der Waals surface area contributed by atoms with Gasteiger partial charge in [0.25, 0.3) is 0 Å². The van der Waals surface area contributed by atoms with Crippen LogP contribution in [-0.2, 0) is 4.74 Å². The third kappa shape index (κ3) is 2.36. The molecule has 76 valence electrons. The van der Waals surface area contributed by atoms with Gasteiger partial charge in [-0.2, -0.15) is 0 Å². The Bertz CT molecular complexity index is 268. The zero-order chi connectivity index (χ0) is 9.80. The molecule has 1 fully saturated rings. The van der Waals surface area contributed by atoms with Gasteiger partial charge < -0.3 is 4.74 Å². The Morgan fingerprint density at radius 1 is 1.29 bits per heavy atom. The van der Waals surface area contributed by atoms with E-state index in [9.17, 15) is 0 Å². The van der Waals surface area contributed by atoms with Gasteiger partial charge in [0.2, 0.25) is 0 Å². The van der Waals surface area contributed by atoms with E-state index in [4.69, 9.17) is 4.74 Å². The Labute approximate surface area is 86.1 Å². The van der Waals surface area contributed by atoms with Gasteiger partial charge in [-0.3, -0.25) is 0 Å². The Morgan fingerprint density at radius 2 is 2.07 bits per heavy atom. The molecule has 0 spiro atoms. The van der Waals surface area contributed by atoms with E-state index in [1.807, 2.05) is 0 Å². The van der Waals surface area contributed by atoms with Gasteiger partial charge in [-0.25, -0.2) is 0 Å². The Kier molecular flexibility index (Phi) is 3.20. The molecule has 0 saturated heterocycles. The minimum absolute atomic E-state index is 0.504. The van der Waals surface area contributed by atoms with Crippen molar-refractivity contribution in [2.45, 2.75) is 38.2 Å². The van der Waals surface area contributed by atoms with Gasteiger partial charge in [-0.1, -0.05) is 43.7 Å². The molecule has 0 N–H and O–H groups in total. The summed E-state index contributed by atoms with van der Waals surface area (Å²) in [4.78, 5) is 0. The largest absolute Gasteiger partial charge is 0.378 e. The zero-order valence-electron chi connectivity index (χ0n) is 8.78. The lowest BCUT2D eigenvalue weighted by Gasteiger charge is -2.02. The summed E-state index contributed by atoms with van der Waals surface area (Å²) in [7, 11) is 0. The third-order valence-corrected chi connectivity index (χ3v) is 2.79. The van der Waals surface area contributed by atoms with Crippen molar-refractivity contribution in [3.8, 4) is 0 Å². The molecular weight excluding hydrogens is 172 g/mol. The first-order chi connectivity index (χ1) is 6.92. The molecule has 0 bridgehead atoms. The fraction of sp³-hybridized carbons (Fsp3) is 0.538. The van der Waals surface area contributed by atoms with Crippen LogP contribution in [0.4, 0.5) is 0 Å². The number of ether oxygens (including phenoxy) is 1. The zero-order valence-corrected chi connectivity index (χ0v) is 8.78. The predicted octanol–water partition coefficient (Wildman–Crippen LogP) is 3.36. The van der Waals surface area contributed by atoms with Crippen LogP contribution in [-0.4, -0.2) is 12.7 Å². The molecule has 0 aliphatic heterocycles. The lowest BCUT2D eigenvalue weighted by atomic mass is 10.1. The Hall–Kier alpha value is -0.820. The first kappa shape index (κ1) is 9.72. The summed E-state index contributed by atoms with van der Waals surface area (Å²) in [5.41, 5.74) is 1.44. The van der Waals surface area contributed by atoms with E-state index in [0.29, 0.717) is 12.0 Å². The predicted molar refractivity (Wildman–Crippen MR) is 58.4 cm³/mol. The van der Waals surface area contributed by atoms with E-state index < -0.39 is 0 Å². The van der Waals surface area contributed by atoms with Crippen molar-refractivity contribution < 1.29 is 4.74 Å². The molecule has 1 aromatic rings. The number of hydrogen-bond acceptors (Lipinski definition) is 1. The van der Waals surface area contributed by atoms with Crippen LogP contribution in [0.25, 0.3) is 0 Å². The topological polar surface area (TPSA) is 9.23 Å². The molecule has 1 heteroatoms. The molecule has 14 heavy (non-hydrogen) atoms. The maximum atomic E-state index is 5.76. The minimum Gasteiger partial charge on any atom is -0.378 e. The van der Waals surface area contributed by atoms with Crippen molar-refractivity contribution >= 4 is 0 Å². The summed E-state index contributed by atoms with van der Waals surface area (Å²) in [6, 6.07) is 10.7. The van der Waals surface area contributed by atoms with Crippen LogP contribution in [0.1, 0.15) is 37.7 Å². The molecule has 0 amide bonds. The smallest absolute Gasteiger partial charge is 0.0651 e. The highest BCUT2D eigenvalue weighted by atomic mass is 16.5. The molecule has 1 saturated carbocycles. The highest BCUT2D eigenvalue weighted by Gasteiger charge is 2.38. The molecule has 1 aliphatic carbocycles. The van der Waals surface area contributed by atoms with E-state index in [2.05, 4.69) is 37.3 Å². The fourth-order valence-corrected chi connectivity index (χ4v) is 1.79. The van der Waals surface area contributed by atoms with Crippen LogP contribution in [0.3, 0.4) is 0 Å². The molecule has 2 atom stereocenters. The normalized spacial score (nSPS) is 24.9. The van der Waals surface area contributed by atoms with E-state index in [1.165, 1.54) is 24.8 Å². The molecule has 2 rings (SSSR count). The summed E-state index contributed by atoms with van der Waals surface area (Å²) >= 11 is 0. The third-order valence-electron chi connectivity index (χ3n) is 2.79. The van der Waals surface area contributed by atoms with Crippen LogP contribution in [0.5, 0.6) is 0 Å². The molecule has 0 aromatic heterocycles. The van der Waals surface area contributed by atoms with Crippen molar-refractivity contribution in [1.82, 2.24) is 0 Å². The quantitative estimate of drug-likeness (QED) is 0.647. The van der Waals surface area contributed by atoms with Gasteiger partial charge >= 0.3 is 0 Å². The van der Waals surface area contributed by atoms with Gasteiger partial charge in [0.05, 0.1) is 6.10 Å². The Morgan fingerprint density at radius 3 is 2.79 bits per heavy atom. The average Bonchev–Trinajstić information content (AvgIpc) is 2.99. The number of benzene rings is 1. The molecule has 1 aliphatic rings. The average molecular weight is 190 g/mol. The van der Waals surface area contributed by atoms with Crippen molar-refractivity contribution in [3.63, 3.8) is 0 Å².